The van der Waals surface area contributed by atoms with E-state index >= 15 is 0 Å². The summed E-state index contributed by atoms with van der Waals surface area (Å²) in [6, 6.07) is 7.93. The third-order valence-electron chi connectivity index (χ3n) is 3.32. The zero-order chi connectivity index (χ0) is 14.8. The molecule has 2 aromatic rings. The van der Waals surface area contributed by atoms with Crippen LogP contribution < -0.4 is 5.32 Å². The van der Waals surface area contributed by atoms with Crippen molar-refractivity contribution in [1.29, 1.82) is 0 Å². The molecule has 1 atom stereocenters. The average molecular weight is 303 g/mol. The van der Waals surface area contributed by atoms with E-state index in [1.165, 1.54) is 16.7 Å². The molecule has 108 valence electrons. The Balaban J connectivity index is 1.85. The predicted octanol–water partition coefficient (Wildman–Crippen LogP) is 2.23. The van der Waals surface area contributed by atoms with Gasteiger partial charge in [-0.25, -0.2) is 9.59 Å². The first-order valence-electron chi connectivity index (χ1n) is 6.39. The van der Waals surface area contributed by atoms with E-state index in [2.05, 4.69) is 10.3 Å². The number of carbonyl (C=O) groups excluding carboxylic acids is 1. The van der Waals surface area contributed by atoms with Gasteiger partial charge in [-0.05, 0) is 24.3 Å². The first kappa shape index (κ1) is 13.7. The van der Waals surface area contributed by atoms with Gasteiger partial charge in [0, 0.05) is 17.3 Å². The Morgan fingerprint density at radius 1 is 1.33 bits per heavy atom. The number of aromatic nitrogens is 1. The zero-order valence-electron chi connectivity index (χ0n) is 11.0. The SMILES string of the molecule is O=C(O)[C@@H]1CSCN1C(=O)Nc1cccc2ncccc12. The summed E-state index contributed by atoms with van der Waals surface area (Å²) in [5.41, 5.74) is 1.41. The molecule has 6 nitrogen and oxygen atoms in total. The van der Waals surface area contributed by atoms with E-state index in [0.29, 0.717) is 17.3 Å². The monoisotopic (exact) mass is 303 g/mol. The van der Waals surface area contributed by atoms with Crippen molar-refractivity contribution in [2.75, 3.05) is 16.9 Å². The van der Waals surface area contributed by atoms with E-state index in [1.54, 1.807) is 24.4 Å². The molecule has 0 radical (unpaired) electrons. The molecule has 2 heterocycles. The number of carboxylic acids is 1. The fraction of sp³-hybridized carbons (Fsp3) is 0.214. The van der Waals surface area contributed by atoms with Gasteiger partial charge in [-0.15, -0.1) is 11.8 Å². The zero-order valence-corrected chi connectivity index (χ0v) is 11.8. The first-order valence-corrected chi connectivity index (χ1v) is 7.54. The number of aliphatic carboxylic acids is 1. The lowest BCUT2D eigenvalue weighted by molar-refractivity contribution is -0.140. The fourth-order valence-corrected chi connectivity index (χ4v) is 3.39. The summed E-state index contributed by atoms with van der Waals surface area (Å²) in [7, 11) is 0. The third-order valence-corrected chi connectivity index (χ3v) is 4.33. The van der Waals surface area contributed by atoms with Gasteiger partial charge in [0.15, 0.2) is 0 Å². The second kappa shape index (κ2) is 5.61. The molecule has 7 heteroatoms. The minimum absolute atomic E-state index is 0.381. The molecule has 1 aromatic heterocycles. The molecule has 1 aliphatic rings. The molecule has 0 saturated carbocycles. The molecule has 3 rings (SSSR count). The van der Waals surface area contributed by atoms with Crippen molar-refractivity contribution in [3.63, 3.8) is 0 Å². The predicted molar refractivity (Wildman–Crippen MR) is 81.3 cm³/mol. The van der Waals surface area contributed by atoms with Gasteiger partial charge >= 0.3 is 12.0 Å². The normalized spacial score (nSPS) is 17.9. The molecule has 0 spiro atoms. The van der Waals surface area contributed by atoms with Crippen molar-refractivity contribution >= 4 is 40.4 Å². The lowest BCUT2D eigenvalue weighted by Crippen LogP contribution is -2.43. The molecular weight excluding hydrogens is 290 g/mol. The molecule has 1 aliphatic heterocycles. The van der Waals surface area contributed by atoms with Crippen molar-refractivity contribution in [2.24, 2.45) is 0 Å². The van der Waals surface area contributed by atoms with Gasteiger partial charge in [-0.3, -0.25) is 4.98 Å². The summed E-state index contributed by atoms with van der Waals surface area (Å²) in [5.74, 6) is -0.180. The van der Waals surface area contributed by atoms with Crippen LogP contribution >= 0.6 is 11.8 Å². The lowest BCUT2D eigenvalue weighted by atomic mass is 10.2. The Morgan fingerprint density at radius 2 is 2.19 bits per heavy atom. The van der Waals surface area contributed by atoms with E-state index < -0.39 is 18.0 Å². The number of amides is 2. The summed E-state index contributed by atoms with van der Waals surface area (Å²) < 4.78 is 0. The average Bonchev–Trinajstić information content (AvgIpc) is 2.97. The van der Waals surface area contributed by atoms with E-state index in [0.717, 1.165) is 10.9 Å². The molecule has 0 bridgehead atoms. The van der Waals surface area contributed by atoms with Gasteiger partial charge in [-0.2, -0.15) is 0 Å². The lowest BCUT2D eigenvalue weighted by Gasteiger charge is -2.21. The molecule has 2 N–H and O–H groups in total. The number of carbonyl (C=O) groups is 2. The van der Waals surface area contributed by atoms with Crippen LogP contribution in [0.15, 0.2) is 36.5 Å². The number of carboxylic acid groups (broad SMARTS) is 1. The van der Waals surface area contributed by atoms with E-state index in [4.69, 9.17) is 5.11 Å². The van der Waals surface area contributed by atoms with Crippen molar-refractivity contribution in [3.05, 3.63) is 36.5 Å². The number of hydrogen-bond acceptors (Lipinski definition) is 4. The number of benzene rings is 1. The minimum Gasteiger partial charge on any atom is -0.480 e. The quantitative estimate of drug-likeness (QED) is 0.889. The Hall–Kier alpha value is -2.28. The van der Waals surface area contributed by atoms with E-state index in [-0.39, 0.29) is 0 Å². The number of anilines is 1. The highest BCUT2D eigenvalue weighted by Gasteiger charge is 2.34. The highest BCUT2D eigenvalue weighted by molar-refractivity contribution is 7.99. The van der Waals surface area contributed by atoms with Crippen molar-refractivity contribution in [2.45, 2.75) is 6.04 Å². The summed E-state index contributed by atoms with van der Waals surface area (Å²) in [6.45, 7) is 0. The number of hydrogen-bond donors (Lipinski definition) is 2. The van der Waals surface area contributed by atoms with Gasteiger partial charge in [0.05, 0.1) is 17.1 Å². The second-order valence-corrected chi connectivity index (χ2v) is 5.63. The van der Waals surface area contributed by atoms with Crippen LogP contribution in [0.4, 0.5) is 10.5 Å². The van der Waals surface area contributed by atoms with E-state index in [1.807, 2.05) is 12.1 Å². The van der Waals surface area contributed by atoms with Gasteiger partial charge in [0.2, 0.25) is 0 Å². The first-order chi connectivity index (χ1) is 10.2. The van der Waals surface area contributed by atoms with Gasteiger partial charge in [-0.1, -0.05) is 6.07 Å². The molecule has 1 saturated heterocycles. The number of rotatable bonds is 2. The maximum absolute atomic E-state index is 12.3. The van der Waals surface area contributed by atoms with Crippen LogP contribution in [0.25, 0.3) is 10.9 Å². The Kier molecular flexibility index (Phi) is 3.66. The van der Waals surface area contributed by atoms with Crippen LogP contribution in [0.3, 0.4) is 0 Å². The summed E-state index contributed by atoms with van der Waals surface area (Å²) in [6.07, 6.45) is 1.69. The smallest absolute Gasteiger partial charge is 0.327 e. The molecular formula is C14H13N3O3S. The second-order valence-electron chi connectivity index (χ2n) is 4.63. The number of fused-ring (bicyclic) bond motifs is 1. The largest absolute Gasteiger partial charge is 0.480 e. The maximum Gasteiger partial charge on any atom is 0.327 e. The number of nitrogens with one attached hydrogen (secondary N) is 1. The van der Waals surface area contributed by atoms with Crippen LogP contribution in [-0.4, -0.2) is 44.7 Å². The van der Waals surface area contributed by atoms with Crippen LogP contribution in [-0.2, 0) is 4.79 Å². The number of urea groups is 1. The van der Waals surface area contributed by atoms with Crippen molar-refractivity contribution in [1.82, 2.24) is 9.88 Å². The Bertz CT molecular complexity index is 701. The van der Waals surface area contributed by atoms with Crippen LogP contribution in [0, 0.1) is 0 Å². The molecule has 1 fully saturated rings. The van der Waals surface area contributed by atoms with Gasteiger partial charge in [0.1, 0.15) is 6.04 Å². The fourth-order valence-electron chi connectivity index (χ4n) is 2.25. The third kappa shape index (κ3) is 2.64. The summed E-state index contributed by atoms with van der Waals surface area (Å²) in [5, 5.41) is 12.7. The Morgan fingerprint density at radius 3 is 3.00 bits per heavy atom. The molecule has 0 aliphatic carbocycles. The van der Waals surface area contributed by atoms with Gasteiger partial charge < -0.3 is 15.3 Å². The molecule has 1 aromatic carbocycles. The minimum atomic E-state index is -0.977. The number of pyridine rings is 1. The standard InChI is InChI=1S/C14H13N3O3S/c18-13(19)12-7-21-8-17(12)14(20)16-11-5-1-4-10-9(11)3-2-6-15-10/h1-6,12H,7-8H2,(H,16,20)(H,18,19)/t12-/m0/s1. The summed E-state index contributed by atoms with van der Waals surface area (Å²) in [4.78, 5) is 29.0. The molecule has 21 heavy (non-hydrogen) atoms. The van der Waals surface area contributed by atoms with Crippen LogP contribution in [0.1, 0.15) is 0 Å². The summed E-state index contributed by atoms with van der Waals surface area (Å²) >= 11 is 1.43. The topological polar surface area (TPSA) is 82.5 Å². The molecule has 2 amide bonds. The molecule has 0 unspecified atom stereocenters. The van der Waals surface area contributed by atoms with Crippen molar-refractivity contribution in [3.8, 4) is 0 Å². The number of nitrogens with zero attached hydrogens (tertiary/aromatic N) is 2. The van der Waals surface area contributed by atoms with Crippen molar-refractivity contribution < 1.29 is 14.7 Å². The van der Waals surface area contributed by atoms with Crippen LogP contribution in [0.2, 0.25) is 0 Å². The highest BCUT2D eigenvalue weighted by atomic mass is 32.2. The number of thioether (sulfide) groups is 1. The van der Waals surface area contributed by atoms with Gasteiger partial charge in [0.25, 0.3) is 0 Å². The Labute approximate surface area is 125 Å². The van der Waals surface area contributed by atoms with Crippen LogP contribution in [0.5, 0.6) is 0 Å². The maximum atomic E-state index is 12.3. The highest BCUT2D eigenvalue weighted by Crippen LogP contribution is 2.25. The van der Waals surface area contributed by atoms with E-state index in [9.17, 15) is 9.59 Å².